The van der Waals surface area contributed by atoms with E-state index in [1.165, 1.54) is 6.08 Å². The van der Waals surface area contributed by atoms with E-state index in [1.807, 2.05) is 23.7 Å². The van der Waals surface area contributed by atoms with E-state index < -0.39 is 0 Å². The highest BCUT2D eigenvalue weighted by atomic mass is 32.1. The van der Waals surface area contributed by atoms with Crippen LogP contribution < -0.4 is 10.6 Å². The summed E-state index contributed by atoms with van der Waals surface area (Å²) in [5.41, 5.74) is 3.72. The second-order valence-corrected chi connectivity index (χ2v) is 7.18. The third-order valence-electron chi connectivity index (χ3n) is 4.40. The molecule has 27 heavy (non-hydrogen) atoms. The monoisotopic (exact) mass is 381 g/mol. The standard InChI is InChI=1S/C18H19N7OS/c1-2-17(26)25-7-3-4-13(10-25)22-18-23-16(9-20-24-18)21-12-5-6-14-15(8-12)27-11-19-14/h2,5-6,8-9,11,13H,1,3-4,7,10H2,(H2,21,22,23,24). The molecule has 1 aliphatic heterocycles. The van der Waals surface area contributed by atoms with Crippen LogP contribution in [0.1, 0.15) is 12.8 Å². The van der Waals surface area contributed by atoms with Gasteiger partial charge < -0.3 is 15.5 Å². The number of amides is 1. The molecule has 138 valence electrons. The predicted octanol–water partition coefficient (Wildman–Crippen LogP) is 2.81. The Labute approximate surface area is 160 Å². The van der Waals surface area contributed by atoms with E-state index in [-0.39, 0.29) is 11.9 Å². The number of benzene rings is 1. The molecule has 0 bridgehead atoms. The van der Waals surface area contributed by atoms with Crippen LogP contribution in [0.2, 0.25) is 0 Å². The highest BCUT2D eigenvalue weighted by Gasteiger charge is 2.22. The van der Waals surface area contributed by atoms with E-state index in [4.69, 9.17) is 0 Å². The van der Waals surface area contributed by atoms with Gasteiger partial charge in [0.25, 0.3) is 0 Å². The molecule has 9 heteroatoms. The van der Waals surface area contributed by atoms with Crippen LogP contribution in [0.3, 0.4) is 0 Å². The Balaban J connectivity index is 1.44. The molecule has 1 aliphatic rings. The number of rotatable bonds is 5. The summed E-state index contributed by atoms with van der Waals surface area (Å²) < 4.78 is 1.11. The molecule has 1 fully saturated rings. The van der Waals surface area contributed by atoms with Gasteiger partial charge in [0.1, 0.15) is 0 Å². The molecule has 8 nitrogen and oxygen atoms in total. The molecule has 1 atom stereocenters. The van der Waals surface area contributed by atoms with Crippen LogP contribution in [0, 0.1) is 0 Å². The van der Waals surface area contributed by atoms with Crippen LogP contribution >= 0.6 is 11.3 Å². The first-order chi connectivity index (χ1) is 13.2. The molecule has 2 aromatic heterocycles. The maximum Gasteiger partial charge on any atom is 0.246 e. The number of nitrogens with zero attached hydrogens (tertiary/aromatic N) is 5. The van der Waals surface area contributed by atoms with Crippen molar-refractivity contribution in [3.63, 3.8) is 0 Å². The Morgan fingerprint density at radius 1 is 1.41 bits per heavy atom. The van der Waals surface area contributed by atoms with Gasteiger partial charge in [-0.25, -0.2) is 4.98 Å². The number of carbonyl (C=O) groups is 1. The largest absolute Gasteiger partial charge is 0.348 e. The number of carbonyl (C=O) groups excluding carboxylic acids is 1. The number of hydrogen-bond acceptors (Lipinski definition) is 8. The van der Waals surface area contributed by atoms with Crippen LogP contribution in [0.5, 0.6) is 0 Å². The summed E-state index contributed by atoms with van der Waals surface area (Å²) in [7, 11) is 0. The fourth-order valence-electron chi connectivity index (χ4n) is 3.11. The average molecular weight is 381 g/mol. The summed E-state index contributed by atoms with van der Waals surface area (Å²) in [6.45, 7) is 4.91. The quantitative estimate of drug-likeness (QED) is 0.656. The van der Waals surface area contributed by atoms with E-state index in [1.54, 1.807) is 22.4 Å². The molecule has 3 aromatic rings. The van der Waals surface area contributed by atoms with Crippen molar-refractivity contribution in [2.24, 2.45) is 0 Å². The van der Waals surface area contributed by atoms with Crippen LogP contribution in [0.25, 0.3) is 10.2 Å². The smallest absolute Gasteiger partial charge is 0.246 e. The van der Waals surface area contributed by atoms with Gasteiger partial charge in [-0.3, -0.25) is 4.79 Å². The van der Waals surface area contributed by atoms with Crippen molar-refractivity contribution in [1.29, 1.82) is 0 Å². The molecule has 4 rings (SSSR count). The van der Waals surface area contributed by atoms with Crippen molar-refractivity contribution in [1.82, 2.24) is 25.1 Å². The maximum absolute atomic E-state index is 11.8. The summed E-state index contributed by atoms with van der Waals surface area (Å²) >= 11 is 1.59. The summed E-state index contributed by atoms with van der Waals surface area (Å²) in [6.07, 6.45) is 4.81. The lowest BCUT2D eigenvalue weighted by molar-refractivity contribution is -0.127. The Hall–Kier alpha value is -3.07. The molecule has 0 spiro atoms. The molecular formula is C18H19N7OS. The maximum atomic E-state index is 11.8. The zero-order valence-corrected chi connectivity index (χ0v) is 15.4. The molecule has 1 aromatic carbocycles. The molecule has 1 saturated heterocycles. The van der Waals surface area contributed by atoms with Crippen LogP contribution in [-0.2, 0) is 4.79 Å². The molecule has 1 unspecified atom stereocenters. The first-order valence-electron chi connectivity index (χ1n) is 8.69. The van der Waals surface area contributed by atoms with Crippen LogP contribution in [-0.4, -0.2) is 50.1 Å². The third-order valence-corrected chi connectivity index (χ3v) is 5.20. The summed E-state index contributed by atoms with van der Waals surface area (Å²) in [4.78, 5) is 22.4. The van der Waals surface area contributed by atoms with E-state index in [2.05, 4.69) is 37.4 Å². The highest BCUT2D eigenvalue weighted by molar-refractivity contribution is 7.16. The number of hydrogen-bond donors (Lipinski definition) is 2. The number of fused-ring (bicyclic) bond motifs is 1. The molecule has 3 heterocycles. The van der Waals surface area contributed by atoms with Crippen molar-refractivity contribution >= 4 is 44.9 Å². The second-order valence-electron chi connectivity index (χ2n) is 6.30. The van der Waals surface area contributed by atoms with Gasteiger partial charge >= 0.3 is 0 Å². The molecule has 0 aliphatic carbocycles. The van der Waals surface area contributed by atoms with E-state index in [0.29, 0.717) is 18.3 Å². The number of nitrogens with one attached hydrogen (secondary N) is 2. The Bertz CT molecular complexity index is 973. The fourth-order valence-corrected chi connectivity index (χ4v) is 3.83. The van der Waals surface area contributed by atoms with Crippen LogP contribution in [0.15, 0.2) is 42.6 Å². The molecule has 1 amide bonds. The van der Waals surface area contributed by atoms with Gasteiger partial charge in [-0.2, -0.15) is 10.1 Å². The predicted molar refractivity (Wildman–Crippen MR) is 106 cm³/mol. The van der Waals surface area contributed by atoms with Gasteiger partial charge in [0.2, 0.25) is 11.9 Å². The van der Waals surface area contributed by atoms with Crippen LogP contribution in [0.4, 0.5) is 17.5 Å². The minimum atomic E-state index is -0.0468. The lowest BCUT2D eigenvalue weighted by Gasteiger charge is -2.32. The zero-order valence-electron chi connectivity index (χ0n) is 14.6. The minimum absolute atomic E-state index is 0.0468. The normalized spacial score (nSPS) is 16.9. The number of piperidine rings is 1. The lowest BCUT2D eigenvalue weighted by atomic mass is 10.1. The Kier molecular flexibility index (Phi) is 4.93. The summed E-state index contributed by atoms with van der Waals surface area (Å²) in [6, 6.07) is 6.04. The molecular weight excluding hydrogens is 362 g/mol. The molecule has 2 N–H and O–H groups in total. The summed E-state index contributed by atoms with van der Waals surface area (Å²) in [5.74, 6) is 0.998. The van der Waals surface area contributed by atoms with Gasteiger partial charge in [0.05, 0.1) is 21.9 Å². The number of aromatic nitrogens is 4. The topological polar surface area (TPSA) is 95.9 Å². The average Bonchev–Trinajstić information content (AvgIpc) is 3.16. The lowest BCUT2D eigenvalue weighted by Crippen LogP contribution is -2.44. The van der Waals surface area contributed by atoms with Crippen molar-refractivity contribution in [3.8, 4) is 0 Å². The molecule has 0 saturated carbocycles. The van der Waals surface area contributed by atoms with E-state index in [9.17, 15) is 4.79 Å². The van der Waals surface area contributed by atoms with Crippen molar-refractivity contribution < 1.29 is 4.79 Å². The van der Waals surface area contributed by atoms with Gasteiger partial charge in [-0.1, -0.05) is 6.58 Å². The zero-order chi connectivity index (χ0) is 18.6. The van der Waals surface area contributed by atoms with E-state index >= 15 is 0 Å². The van der Waals surface area contributed by atoms with Crippen molar-refractivity contribution in [2.75, 3.05) is 23.7 Å². The third kappa shape index (κ3) is 4.03. The Morgan fingerprint density at radius 2 is 2.33 bits per heavy atom. The number of anilines is 3. The van der Waals surface area contributed by atoms with Gasteiger partial charge in [-0.05, 0) is 37.1 Å². The SMILES string of the molecule is C=CC(=O)N1CCCC(Nc2nncc(Nc3ccc4ncsc4c3)n2)C1. The first kappa shape index (κ1) is 17.3. The van der Waals surface area contributed by atoms with Gasteiger partial charge in [0, 0.05) is 24.8 Å². The number of thiazole rings is 1. The van der Waals surface area contributed by atoms with Gasteiger partial charge in [-0.15, -0.1) is 16.4 Å². The van der Waals surface area contributed by atoms with Crippen molar-refractivity contribution in [2.45, 2.75) is 18.9 Å². The molecule has 0 radical (unpaired) electrons. The first-order valence-corrected chi connectivity index (χ1v) is 9.57. The van der Waals surface area contributed by atoms with E-state index in [0.717, 1.165) is 35.3 Å². The Morgan fingerprint density at radius 3 is 3.22 bits per heavy atom. The van der Waals surface area contributed by atoms with Gasteiger partial charge in [0.15, 0.2) is 5.82 Å². The fraction of sp³-hybridized carbons (Fsp3) is 0.278. The minimum Gasteiger partial charge on any atom is -0.348 e. The van der Waals surface area contributed by atoms with Crippen molar-refractivity contribution in [3.05, 3.63) is 42.6 Å². The summed E-state index contributed by atoms with van der Waals surface area (Å²) in [5, 5.41) is 14.6. The highest BCUT2D eigenvalue weighted by Crippen LogP contribution is 2.24. The number of likely N-dealkylation sites (tertiary alicyclic amines) is 1. The second kappa shape index (κ2) is 7.67.